The van der Waals surface area contributed by atoms with Gasteiger partial charge in [0, 0.05) is 10.7 Å². The Labute approximate surface area is 148 Å². The van der Waals surface area contributed by atoms with E-state index < -0.39 is 27.8 Å². The van der Waals surface area contributed by atoms with Crippen LogP contribution in [-0.4, -0.2) is 20.4 Å². The van der Waals surface area contributed by atoms with Crippen molar-refractivity contribution in [2.24, 2.45) is 0 Å². The maximum Gasteiger partial charge on any atom is 0.242 e. The zero-order valence-corrected chi connectivity index (χ0v) is 14.7. The number of amides is 1. The van der Waals surface area contributed by atoms with Gasteiger partial charge in [0.05, 0.1) is 16.0 Å². The van der Waals surface area contributed by atoms with Gasteiger partial charge in [0.25, 0.3) is 0 Å². The molecule has 2 aromatic carbocycles. The fourth-order valence-corrected chi connectivity index (χ4v) is 3.30. The van der Waals surface area contributed by atoms with Crippen LogP contribution in [0.1, 0.15) is 6.92 Å². The largest absolute Gasteiger partial charge is 0.325 e. The molecule has 0 spiro atoms. The van der Waals surface area contributed by atoms with Gasteiger partial charge in [-0.1, -0.05) is 23.2 Å². The minimum absolute atomic E-state index is 0.0172. The third-order valence-electron chi connectivity index (χ3n) is 3.04. The molecule has 0 saturated heterocycles. The van der Waals surface area contributed by atoms with Crippen molar-refractivity contribution in [3.05, 3.63) is 58.3 Å². The summed E-state index contributed by atoms with van der Waals surface area (Å²) in [5, 5.41) is 2.70. The Morgan fingerprint density at radius 3 is 2.33 bits per heavy atom. The standard InChI is InChI=1S/C15H13Cl2FN2O3S/c1-9(15(21)19-11-4-7-14(18)13(17)8-11)20-24(22,23)12-5-2-10(16)3-6-12/h2-9,20H,1H3,(H,19,21)/t9-/m0/s1. The second-order valence-electron chi connectivity index (χ2n) is 4.92. The molecule has 0 aromatic heterocycles. The van der Waals surface area contributed by atoms with Crippen molar-refractivity contribution in [1.82, 2.24) is 4.72 Å². The summed E-state index contributed by atoms with van der Waals surface area (Å²) in [6.45, 7) is 1.38. The minimum atomic E-state index is -3.88. The number of nitrogens with one attached hydrogen (secondary N) is 2. The number of sulfonamides is 1. The van der Waals surface area contributed by atoms with E-state index in [1.165, 1.54) is 43.3 Å². The summed E-state index contributed by atoms with van der Waals surface area (Å²) >= 11 is 11.3. The minimum Gasteiger partial charge on any atom is -0.325 e. The van der Waals surface area contributed by atoms with E-state index in [1.807, 2.05) is 0 Å². The van der Waals surface area contributed by atoms with Gasteiger partial charge in [-0.15, -0.1) is 0 Å². The topological polar surface area (TPSA) is 75.3 Å². The molecule has 0 radical (unpaired) electrons. The van der Waals surface area contributed by atoms with Gasteiger partial charge in [-0.3, -0.25) is 4.79 Å². The molecule has 0 fully saturated rings. The molecule has 2 rings (SSSR count). The van der Waals surface area contributed by atoms with Crippen LogP contribution >= 0.6 is 23.2 Å². The van der Waals surface area contributed by atoms with Gasteiger partial charge in [-0.05, 0) is 49.4 Å². The lowest BCUT2D eigenvalue weighted by Gasteiger charge is -2.14. The fraction of sp³-hybridized carbons (Fsp3) is 0.133. The average molecular weight is 391 g/mol. The first-order chi connectivity index (χ1) is 11.2. The van der Waals surface area contributed by atoms with Crippen LogP contribution in [0.25, 0.3) is 0 Å². The number of hydrogen-bond acceptors (Lipinski definition) is 3. The fourth-order valence-electron chi connectivity index (χ4n) is 1.79. The van der Waals surface area contributed by atoms with Crippen LogP contribution in [0.5, 0.6) is 0 Å². The van der Waals surface area contributed by atoms with Crippen molar-refractivity contribution in [3.63, 3.8) is 0 Å². The predicted molar refractivity (Wildman–Crippen MR) is 91.3 cm³/mol. The SMILES string of the molecule is C[C@H](NS(=O)(=O)c1ccc(Cl)cc1)C(=O)Nc1ccc(F)c(Cl)c1. The van der Waals surface area contributed by atoms with E-state index in [2.05, 4.69) is 10.0 Å². The lowest BCUT2D eigenvalue weighted by molar-refractivity contribution is -0.117. The molecule has 0 saturated carbocycles. The molecule has 2 N–H and O–H groups in total. The maximum atomic E-state index is 13.1. The van der Waals surface area contributed by atoms with E-state index in [4.69, 9.17) is 23.2 Å². The molecule has 1 atom stereocenters. The van der Waals surface area contributed by atoms with Crippen LogP contribution in [0.3, 0.4) is 0 Å². The highest BCUT2D eigenvalue weighted by Crippen LogP contribution is 2.19. The first-order valence-electron chi connectivity index (χ1n) is 6.73. The van der Waals surface area contributed by atoms with Crippen LogP contribution in [0, 0.1) is 5.82 Å². The zero-order chi connectivity index (χ0) is 17.9. The molecule has 2 aromatic rings. The zero-order valence-electron chi connectivity index (χ0n) is 12.4. The predicted octanol–water partition coefficient (Wildman–Crippen LogP) is 3.44. The van der Waals surface area contributed by atoms with Gasteiger partial charge in [0.2, 0.25) is 15.9 Å². The normalized spacial score (nSPS) is 12.7. The van der Waals surface area contributed by atoms with Gasteiger partial charge < -0.3 is 5.32 Å². The molecular weight excluding hydrogens is 378 g/mol. The number of rotatable bonds is 5. The van der Waals surface area contributed by atoms with Gasteiger partial charge in [-0.2, -0.15) is 4.72 Å². The second kappa shape index (κ2) is 7.48. The highest BCUT2D eigenvalue weighted by Gasteiger charge is 2.22. The molecule has 24 heavy (non-hydrogen) atoms. The lowest BCUT2D eigenvalue weighted by atomic mass is 10.3. The third kappa shape index (κ3) is 4.67. The van der Waals surface area contributed by atoms with Gasteiger partial charge >= 0.3 is 0 Å². The number of carbonyl (C=O) groups is 1. The first kappa shape index (κ1) is 18.7. The molecule has 0 aliphatic rings. The number of benzene rings is 2. The van der Waals surface area contributed by atoms with Crippen LogP contribution < -0.4 is 10.0 Å². The second-order valence-corrected chi connectivity index (χ2v) is 7.47. The van der Waals surface area contributed by atoms with Crippen molar-refractivity contribution in [2.45, 2.75) is 17.9 Å². The van der Waals surface area contributed by atoms with Gasteiger partial charge in [0.1, 0.15) is 5.82 Å². The average Bonchev–Trinajstić information content (AvgIpc) is 2.51. The van der Waals surface area contributed by atoms with E-state index >= 15 is 0 Å². The highest BCUT2D eigenvalue weighted by molar-refractivity contribution is 7.89. The summed E-state index contributed by atoms with van der Waals surface area (Å²) in [6.07, 6.45) is 0. The molecule has 128 valence electrons. The molecule has 9 heteroatoms. The molecule has 1 amide bonds. The van der Waals surface area contributed by atoms with Crippen molar-refractivity contribution in [2.75, 3.05) is 5.32 Å². The van der Waals surface area contributed by atoms with E-state index in [1.54, 1.807) is 0 Å². The Hall–Kier alpha value is -1.67. The van der Waals surface area contributed by atoms with E-state index in [-0.39, 0.29) is 15.6 Å². The quantitative estimate of drug-likeness (QED) is 0.820. The molecule has 5 nitrogen and oxygen atoms in total. The maximum absolute atomic E-state index is 13.1. The lowest BCUT2D eigenvalue weighted by Crippen LogP contribution is -2.41. The monoisotopic (exact) mass is 390 g/mol. The summed E-state index contributed by atoms with van der Waals surface area (Å²) in [7, 11) is -3.88. The Morgan fingerprint density at radius 2 is 1.75 bits per heavy atom. The van der Waals surface area contributed by atoms with Crippen molar-refractivity contribution >= 4 is 44.8 Å². The molecule has 0 bridgehead atoms. The van der Waals surface area contributed by atoms with Crippen LogP contribution in [0.2, 0.25) is 10.0 Å². The molecule has 0 unspecified atom stereocenters. The summed E-state index contributed by atoms with van der Waals surface area (Å²) in [6, 6.07) is 8.11. The molecule has 0 heterocycles. The first-order valence-corrected chi connectivity index (χ1v) is 8.97. The van der Waals surface area contributed by atoms with Gasteiger partial charge in [0.15, 0.2) is 0 Å². The van der Waals surface area contributed by atoms with Gasteiger partial charge in [-0.25, -0.2) is 12.8 Å². The van der Waals surface area contributed by atoms with E-state index in [0.717, 1.165) is 6.07 Å². The Kier molecular flexibility index (Phi) is 5.82. The molecule has 0 aliphatic carbocycles. The summed E-state index contributed by atoms with van der Waals surface area (Å²) in [4.78, 5) is 12.1. The Bertz CT molecular complexity index is 858. The smallest absolute Gasteiger partial charge is 0.242 e. The number of anilines is 1. The summed E-state index contributed by atoms with van der Waals surface area (Å²) < 4.78 is 39.7. The Morgan fingerprint density at radius 1 is 1.12 bits per heavy atom. The highest BCUT2D eigenvalue weighted by atomic mass is 35.5. The number of carbonyl (C=O) groups excluding carboxylic acids is 1. The summed E-state index contributed by atoms with van der Waals surface area (Å²) in [5.41, 5.74) is 0.254. The van der Waals surface area contributed by atoms with E-state index in [0.29, 0.717) is 5.02 Å². The third-order valence-corrected chi connectivity index (χ3v) is 5.13. The van der Waals surface area contributed by atoms with Crippen LogP contribution in [0.4, 0.5) is 10.1 Å². The Balaban J connectivity index is 2.07. The number of hydrogen-bond donors (Lipinski definition) is 2. The van der Waals surface area contributed by atoms with E-state index in [9.17, 15) is 17.6 Å². The molecule has 0 aliphatic heterocycles. The molecular formula is C15H13Cl2FN2O3S. The summed E-state index contributed by atoms with van der Waals surface area (Å²) in [5.74, 6) is -1.23. The van der Waals surface area contributed by atoms with Crippen molar-refractivity contribution < 1.29 is 17.6 Å². The van der Waals surface area contributed by atoms with Crippen molar-refractivity contribution in [1.29, 1.82) is 0 Å². The van der Waals surface area contributed by atoms with Crippen LogP contribution in [-0.2, 0) is 14.8 Å². The number of halogens is 3. The van der Waals surface area contributed by atoms with Crippen molar-refractivity contribution in [3.8, 4) is 0 Å². The van der Waals surface area contributed by atoms with Crippen LogP contribution in [0.15, 0.2) is 47.4 Å².